The maximum absolute atomic E-state index is 8.49. The Balaban J connectivity index is 0.000000373. The number of hydrogen-bond acceptors (Lipinski definition) is 4. The standard InChI is InChI=1S/C44H32P2.C8H12.ClHO4.Rh/c1-5-19-35(20-6-1)45(36-21-7-2-8-22-36)41-31-29-33-17-13-15-27-39(33)43(41)44-40-28-16-14-18-34(40)30-32-42(44)46(37-23-9-3-10-24-37)38-25-11-4-12-26-38;1-2-4-6-8-7-5-3-1;2-1(3,4)5;/h1-32H;1-2,7-8H,3-6H2;(H,2,3,4,5);/p-1/b;2-1-,8-7-;;. The minimum absolute atomic E-state index is 0. The summed E-state index contributed by atoms with van der Waals surface area (Å²) >= 11 is 0. The molecule has 4 nitrogen and oxygen atoms in total. The molecule has 0 heterocycles. The number of hydrogen-bond donors (Lipinski definition) is 0. The Morgan fingerprint density at radius 3 is 0.850 bits per heavy atom. The summed E-state index contributed by atoms with van der Waals surface area (Å²) in [5, 5.41) is 13.3. The van der Waals surface area contributed by atoms with Crippen molar-refractivity contribution in [2.45, 2.75) is 25.7 Å². The summed E-state index contributed by atoms with van der Waals surface area (Å²) in [6.45, 7) is 0. The molecule has 1 aliphatic rings. The van der Waals surface area contributed by atoms with E-state index in [4.69, 9.17) is 18.6 Å². The van der Waals surface area contributed by atoms with Gasteiger partial charge in [-0.25, -0.2) is 18.6 Å². The Hall–Kier alpha value is -4.63. The van der Waals surface area contributed by atoms with E-state index in [0.717, 1.165) is 0 Å². The largest absolute Gasteiger partial charge is 0.222 e. The van der Waals surface area contributed by atoms with Crippen LogP contribution in [0.5, 0.6) is 0 Å². The maximum atomic E-state index is 8.49. The second kappa shape index (κ2) is 22.3. The first-order chi connectivity index (χ1) is 28.9. The maximum Gasteiger partial charge on any atom is 0 e. The van der Waals surface area contributed by atoms with Crippen LogP contribution in [0, 0.1) is 10.2 Å². The first-order valence-corrected chi connectivity index (χ1v) is 23.5. The van der Waals surface area contributed by atoms with Gasteiger partial charge in [0.1, 0.15) is 0 Å². The zero-order chi connectivity index (χ0) is 40.9. The monoisotopic (exact) mass is 932 g/mol. The molecule has 0 aromatic heterocycles. The van der Waals surface area contributed by atoms with Crippen molar-refractivity contribution in [3.05, 3.63) is 218 Å². The van der Waals surface area contributed by atoms with Crippen LogP contribution >= 0.6 is 15.8 Å². The number of allylic oxidation sites excluding steroid dienone is 4. The molecule has 9 rings (SSSR count). The average molecular weight is 933 g/mol. The Morgan fingerprint density at radius 1 is 0.317 bits per heavy atom. The summed E-state index contributed by atoms with van der Waals surface area (Å²) in [6, 6.07) is 71.8. The summed E-state index contributed by atoms with van der Waals surface area (Å²) in [6.07, 6.45) is 14.0. The van der Waals surface area contributed by atoms with Crippen LogP contribution in [-0.4, -0.2) is 0 Å². The van der Waals surface area contributed by atoms with Crippen molar-refractivity contribution in [2.24, 2.45) is 0 Å². The quantitative estimate of drug-likeness (QED) is 0.0971. The first kappa shape index (κ1) is 44.9. The van der Waals surface area contributed by atoms with Gasteiger partial charge in [-0.05, 0) is 106 Å². The van der Waals surface area contributed by atoms with Gasteiger partial charge in [0.25, 0.3) is 0 Å². The van der Waals surface area contributed by atoms with Gasteiger partial charge in [-0.3, -0.25) is 0 Å². The van der Waals surface area contributed by atoms with Crippen molar-refractivity contribution < 1.29 is 48.4 Å². The molecule has 1 aliphatic carbocycles. The molecule has 8 aromatic carbocycles. The molecule has 0 fully saturated rings. The smallest absolute Gasteiger partial charge is 0 e. The van der Waals surface area contributed by atoms with Gasteiger partial charge < -0.3 is 0 Å². The van der Waals surface area contributed by atoms with E-state index < -0.39 is 26.1 Å². The van der Waals surface area contributed by atoms with Crippen LogP contribution in [-0.2, 0) is 19.5 Å². The number of fused-ring (bicyclic) bond motifs is 2. The first-order valence-electron chi connectivity index (χ1n) is 19.6. The molecule has 0 unspecified atom stereocenters. The molecular weight excluding hydrogens is 889 g/mol. The topological polar surface area (TPSA) is 92.2 Å². The molecule has 0 saturated carbocycles. The van der Waals surface area contributed by atoms with Crippen LogP contribution in [0.3, 0.4) is 0 Å². The van der Waals surface area contributed by atoms with E-state index in [1.807, 2.05) is 0 Å². The number of rotatable bonds is 7. The van der Waals surface area contributed by atoms with Gasteiger partial charge in [-0.1, -0.05) is 218 Å². The van der Waals surface area contributed by atoms with Crippen LogP contribution in [0.15, 0.2) is 218 Å². The van der Waals surface area contributed by atoms with Crippen molar-refractivity contribution in [3.8, 4) is 11.1 Å². The van der Waals surface area contributed by atoms with Crippen molar-refractivity contribution >= 4 is 69.2 Å². The average Bonchev–Trinajstić information content (AvgIpc) is 3.25. The summed E-state index contributed by atoms with van der Waals surface area (Å²) in [5.41, 5.74) is 2.70. The predicted octanol–water partition coefficient (Wildman–Crippen LogP) is 7.09. The van der Waals surface area contributed by atoms with Crippen LogP contribution in [0.2, 0.25) is 0 Å². The third kappa shape index (κ3) is 11.8. The van der Waals surface area contributed by atoms with Gasteiger partial charge in [-0.15, -0.1) is 10.2 Å². The molecule has 0 N–H and O–H groups in total. The SMILES string of the molecule is C1=C\CC/C=C\CC/1.[O-][Cl+3]([O-])([O-])[O-].[Rh].c1ccc(P(c2ccccc2)c2ccc3ccccc3c2-c2c(P(c3ccccc3)c3ccccc3)ccc3ccccc23)cc1. The van der Waals surface area contributed by atoms with Gasteiger partial charge in [0, 0.05) is 19.5 Å². The summed E-state index contributed by atoms with van der Waals surface area (Å²) < 4.78 is 34.0. The molecule has 0 bridgehead atoms. The molecule has 8 aromatic rings. The van der Waals surface area contributed by atoms with E-state index >= 15 is 0 Å². The fourth-order valence-electron chi connectivity index (χ4n) is 7.44. The van der Waals surface area contributed by atoms with E-state index in [2.05, 4.69) is 218 Å². The van der Waals surface area contributed by atoms with E-state index in [0.29, 0.717) is 0 Å². The third-order valence-corrected chi connectivity index (χ3v) is 14.9. The van der Waals surface area contributed by atoms with Gasteiger partial charge >= 0.3 is 0 Å². The zero-order valence-electron chi connectivity index (χ0n) is 32.9. The van der Waals surface area contributed by atoms with E-state index in [1.54, 1.807) is 0 Å². The molecular formula is C52H44ClO4P2Rh-. The Kier molecular flexibility index (Phi) is 16.7. The molecule has 303 valence electrons. The van der Waals surface area contributed by atoms with Gasteiger partial charge in [0.05, 0.1) is 0 Å². The number of halogens is 1. The second-order valence-corrected chi connectivity index (χ2v) is 19.0. The van der Waals surface area contributed by atoms with Crippen molar-refractivity contribution in [1.82, 2.24) is 0 Å². The third-order valence-electron chi connectivity index (χ3n) is 9.94. The number of benzene rings is 8. The normalized spacial score (nSPS) is 13.5. The van der Waals surface area contributed by atoms with Crippen LogP contribution < -0.4 is 50.5 Å². The Morgan fingerprint density at radius 2 is 0.567 bits per heavy atom. The predicted molar refractivity (Wildman–Crippen MR) is 241 cm³/mol. The minimum Gasteiger partial charge on any atom is -0.222 e. The van der Waals surface area contributed by atoms with Gasteiger partial charge in [-0.2, -0.15) is 0 Å². The molecule has 0 atom stereocenters. The van der Waals surface area contributed by atoms with Crippen LogP contribution in [0.4, 0.5) is 0 Å². The summed E-state index contributed by atoms with van der Waals surface area (Å²) in [4.78, 5) is 0. The molecule has 60 heavy (non-hydrogen) atoms. The minimum atomic E-state index is -4.94. The van der Waals surface area contributed by atoms with Crippen LogP contribution in [0.1, 0.15) is 25.7 Å². The van der Waals surface area contributed by atoms with E-state index in [1.165, 1.54) is 90.2 Å². The molecule has 0 amide bonds. The van der Waals surface area contributed by atoms with Crippen molar-refractivity contribution in [3.63, 3.8) is 0 Å². The Bertz CT molecular complexity index is 2340. The summed E-state index contributed by atoms with van der Waals surface area (Å²) in [5.74, 6) is 0. The zero-order valence-corrected chi connectivity index (χ0v) is 37.0. The second-order valence-electron chi connectivity index (χ2n) is 13.9. The van der Waals surface area contributed by atoms with Crippen LogP contribution in [0.25, 0.3) is 32.7 Å². The molecule has 0 spiro atoms. The van der Waals surface area contributed by atoms with Gasteiger partial charge in [0.15, 0.2) is 0 Å². The van der Waals surface area contributed by atoms with E-state index in [9.17, 15) is 0 Å². The van der Waals surface area contributed by atoms with Crippen molar-refractivity contribution in [2.75, 3.05) is 0 Å². The molecule has 8 heteroatoms. The molecule has 1 radical (unpaired) electrons. The Labute approximate surface area is 370 Å². The fraction of sp³-hybridized carbons (Fsp3) is 0.0769. The van der Waals surface area contributed by atoms with Gasteiger partial charge in [0.2, 0.25) is 0 Å². The molecule has 0 saturated heterocycles. The summed E-state index contributed by atoms with van der Waals surface area (Å²) in [7, 11) is -6.65. The van der Waals surface area contributed by atoms with E-state index in [-0.39, 0.29) is 19.5 Å². The van der Waals surface area contributed by atoms with Crippen molar-refractivity contribution in [1.29, 1.82) is 0 Å². The fourth-order valence-corrected chi connectivity index (χ4v) is 12.4. The molecule has 0 aliphatic heterocycles.